The van der Waals surface area contributed by atoms with E-state index in [0.29, 0.717) is 12.0 Å². The lowest BCUT2D eigenvalue weighted by molar-refractivity contribution is 0.577. The van der Waals surface area contributed by atoms with Crippen LogP contribution in [0.25, 0.3) is 0 Å². The number of rotatable bonds is 2. The topological polar surface area (TPSA) is 28.2 Å². The number of aromatic nitrogens is 1. The quantitative estimate of drug-likeness (QED) is 0.866. The van der Waals surface area contributed by atoms with Crippen molar-refractivity contribution in [3.8, 4) is 0 Å². The standard InChI is InChI=1S/C15H23N3/c1-10(2)13-6-11(3)7-15(17-13)18-5-4-12-8-16-9-14(12)18/h6-7,10,12,14,16H,4-5,8-9H2,1-3H3/t12-,14-/m1/s1. The van der Waals surface area contributed by atoms with Crippen LogP contribution < -0.4 is 10.2 Å². The number of hydrogen-bond donors (Lipinski definition) is 1. The van der Waals surface area contributed by atoms with E-state index in [2.05, 4.69) is 43.1 Å². The van der Waals surface area contributed by atoms with Gasteiger partial charge in [0.25, 0.3) is 0 Å². The molecular weight excluding hydrogens is 222 g/mol. The number of nitrogens with one attached hydrogen (secondary N) is 1. The SMILES string of the molecule is Cc1cc(C(C)C)nc(N2CC[C@@H]3CNC[C@H]32)c1. The Bertz CT molecular complexity index is 441. The molecule has 3 heterocycles. The normalized spacial score (nSPS) is 27.0. The fourth-order valence-electron chi connectivity index (χ4n) is 3.25. The summed E-state index contributed by atoms with van der Waals surface area (Å²) in [6.45, 7) is 10.1. The van der Waals surface area contributed by atoms with Crippen molar-refractivity contribution in [2.45, 2.75) is 39.2 Å². The molecule has 3 rings (SSSR count). The molecule has 98 valence electrons. The first-order chi connectivity index (χ1) is 8.65. The summed E-state index contributed by atoms with van der Waals surface area (Å²) in [5.74, 6) is 2.52. The zero-order valence-electron chi connectivity index (χ0n) is 11.6. The van der Waals surface area contributed by atoms with Gasteiger partial charge in [0, 0.05) is 31.4 Å². The van der Waals surface area contributed by atoms with Crippen molar-refractivity contribution in [3.63, 3.8) is 0 Å². The first-order valence-corrected chi connectivity index (χ1v) is 7.11. The summed E-state index contributed by atoms with van der Waals surface area (Å²) in [7, 11) is 0. The lowest BCUT2D eigenvalue weighted by Crippen LogP contribution is -2.34. The van der Waals surface area contributed by atoms with E-state index >= 15 is 0 Å². The molecule has 0 spiro atoms. The van der Waals surface area contributed by atoms with Crippen LogP contribution in [0.5, 0.6) is 0 Å². The second-order valence-electron chi connectivity index (χ2n) is 6.05. The number of hydrogen-bond acceptors (Lipinski definition) is 3. The Labute approximate surface area is 110 Å². The van der Waals surface area contributed by atoms with Gasteiger partial charge in [-0.3, -0.25) is 0 Å². The molecule has 2 aliphatic rings. The molecule has 0 aromatic carbocycles. The molecule has 2 fully saturated rings. The van der Waals surface area contributed by atoms with E-state index in [0.717, 1.165) is 12.5 Å². The Kier molecular flexibility index (Phi) is 3.02. The van der Waals surface area contributed by atoms with Crippen molar-refractivity contribution >= 4 is 5.82 Å². The van der Waals surface area contributed by atoms with Gasteiger partial charge in [-0.15, -0.1) is 0 Å². The van der Waals surface area contributed by atoms with Gasteiger partial charge in [-0.1, -0.05) is 13.8 Å². The van der Waals surface area contributed by atoms with Crippen molar-refractivity contribution in [3.05, 3.63) is 23.4 Å². The average Bonchev–Trinajstić information content (AvgIpc) is 2.89. The van der Waals surface area contributed by atoms with E-state index < -0.39 is 0 Å². The van der Waals surface area contributed by atoms with E-state index in [1.807, 2.05) is 0 Å². The maximum absolute atomic E-state index is 4.87. The van der Waals surface area contributed by atoms with Gasteiger partial charge < -0.3 is 10.2 Å². The first kappa shape index (κ1) is 12.0. The molecule has 1 N–H and O–H groups in total. The Morgan fingerprint density at radius 1 is 1.33 bits per heavy atom. The summed E-state index contributed by atoms with van der Waals surface area (Å²) in [6, 6.07) is 5.13. The van der Waals surface area contributed by atoms with Crippen LogP contribution in [-0.4, -0.2) is 30.7 Å². The van der Waals surface area contributed by atoms with Gasteiger partial charge in [-0.25, -0.2) is 4.98 Å². The number of aryl methyl sites for hydroxylation is 1. The van der Waals surface area contributed by atoms with Crippen LogP contribution in [0.3, 0.4) is 0 Å². The third kappa shape index (κ3) is 2.01. The molecule has 2 atom stereocenters. The van der Waals surface area contributed by atoms with E-state index in [4.69, 9.17) is 4.98 Å². The van der Waals surface area contributed by atoms with E-state index in [9.17, 15) is 0 Å². The third-order valence-corrected chi connectivity index (χ3v) is 4.31. The first-order valence-electron chi connectivity index (χ1n) is 7.11. The third-order valence-electron chi connectivity index (χ3n) is 4.31. The molecule has 1 aromatic heterocycles. The number of anilines is 1. The van der Waals surface area contributed by atoms with Crippen LogP contribution in [0.1, 0.15) is 37.4 Å². The monoisotopic (exact) mass is 245 g/mol. The minimum absolute atomic E-state index is 0.503. The minimum atomic E-state index is 0.503. The van der Waals surface area contributed by atoms with Gasteiger partial charge in [0.1, 0.15) is 5.82 Å². The lowest BCUT2D eigenvalue weighted by atomic mass is 10.0. The zero-order chi connectivity index (χ0) is 12.7. The van der Waals surface area contributed by atoms with Gasteiger partial charge in [0.2, 0.25) is 0 Å². The summed E-state index contributed by atoms with van der Waals surface area (Å²) in [4.78, 5) is 7.39. The Balaban J connectivity index is 1.92. The van der Waals surface area contributed by atoms with Crippen LogP contribution in [0.2, 0.25) is 0 Å². The van der Waals surface area contributed by atoms with Crippen LogP contribution in [0.4, 0.5) is 5.82 Å². The molecule has 0 amide bonds. The minimum Gasteiger partial charge on any atom is -0.352 e. The van der Waals surface area contributed by atoms with Crippen molar-refractivity contribution in [1.82, 2.24) is 10.3 Å². The molecule has 0 unspecified atom stereocenters. The van der Waals surface area contributed by atoms with Crippen molar-refractivity contribution in [1.29, 1.82) is 0 Å². The summed E-state index contributed by atoms with van der Waals surface area (Å²) in [5, 5.41) is 3.51. The van der Waals surface area contributed by atoms with Crippen LogP contribution in [0, 0.1) is 12.8 Å². The molecule has 1 aromatic rings. The highest BCUT2D eigenvalue weighted by Gasteiger charge is 2.38. The molecule has 0 bridgehead atoms. The van der Waals surface area contributed by atoms with E-state index in [1.165, 1.54) is 36.6 Å². The number of nitrogens with zero attached hydrogens (tertiary/aromatic N) is 2. The fourth-order valence-corrected chi connectivity index (χ4v) is 3.25. The highest BCUT2D eigenvalue weighted by Crippen LogP contribution is 2.32. The molecule has 2 aliphatic heterocycles. The highest BCUT2D eigenvalue weighted by molar-refractivity contribution is 5.46. The molecule has 0 saturated carbocycles. The molecule has 0 radical (unpaired) electrons. The molecule has 18 heavy (non-hydrogen) atoms. The predicted molar refractivity (Wildman–Crippen MR) is 75.2 cm³/mol. The van der Waals surface area contributed by atoms with Gasteiger partial charge in [0.15, 0.2) is 0 Å². The number of pyridine rings is 1. The lowest BCUT2D eigenvalue weighted by Gasteiger charge is -2.25. The van der Waals surface area contributed by atoms with Gasteiger partial charge in [-0.05, 0) is 42.9 Å². The van der Waals surface area contributed by atoms with Crippen molar-refractivity contribution < 1.29 is 0 Å². The number of fused-ring (bicyclic) bond motifs is 1. The average molecular weight is 245 g/mol. The maximum atomic E-state index is 4.87. The predicted octanol–water partition coefficient (Wildman–Crippen LogP) is 2.31. The van der Waals surface area contributed by atoms with Crippen molar-refractivity contribution in [2.24, 2.45) is 5.92 Å². The summed E-state index contributed by atoms with van der Waals surface area (Å²) in [6.07, 6.45) is 1.31. The molecular formula is C15H23N3. The summed E-state index contributed by atoms with van der Waals surface area (Å²) in [5.41, 5.74) is 2.55. The van der Waals surface area contributed by atoms with Crippen LogP contribution in [0.15, 0.2) is 12.1 Å². The van der Waals surface area contributed by atoms with E-state index in [-0.39, 0.29) is 0 Å². The Hall–Kier alpha value is -1.09. The summed E-state index contributed by atoms with van der Waals surface area (Å²) >= 11 is 0. The van der Waals surface area contributed by atoms with Crippen molar-refractivity contribution in [2.75, 3.05) is 24.5 Å². The molecule has 3 heteroatoms. The molecule has 2 saturated heterocycles. The smallest absolute Gasteiger partial charge is 0.129 e. The van der Waals surface area contributed by atoms with Gasteiger partial charge >= 0.3 is 0 Å². The summed E-state index contributed by atoms with van der Waals surface area (Å²) < 4.78 is 0. The maximum Gasteiger partial charge on any atom is 0.129 e. The fraction of sp³-hybridized carbons (Fsp3) is 0.667. The molecule has 0 aliphatic carbocycles. The Morgan fingerprint density at radius 2 is 2.17 bits per heavy atom. The van der Waals surface area contributed by atoms with E-state index in [1.54, 1.807) is 0 Å². The van der Waals surface area contributed by atoms with Crippen LogP contribution in [-0.2, 0) is 0 Å². The Morgan fingerprint density at radius 3 is 2.94 bits per heavy atom. The van der Waals surface area contributed by atoms with Gasteiger partial charge in [-0.2, -0.15) is 0 Å². The zero-order valence-corrected chi connectivity index (χ0v) is 11.6. The highest BCUT2D eigenvalue weighted by atomic mass is 15.3. The second kappa shape index (κ2) is 4.54. The molecule has 3 nitrogen and oxygen atoms in total. The largest absolute Gasteiger partial charge is 0.352 e. The van der Waals surface area contributed by atoms with Crippen LogP contribution >= 0.6 is 0 Å². The second-order valence-corrected chi connectivity index (χ2v) is 6.05. The van der Waals surface area contributed by atoms with Gasteiger partial charge in [0.05, 0.1) is 0 Å².